The molecule has 29 heavy (non-hydrogen) atoms. The minimum absolute atomic E-state index is 0.0987. The highest BCUT2D eigenvalue weighted by molar-refractivity contribution is 6.53. The highest BCUT2D eigenvalue weighted by Crippen LogP contribution is 2.65. The van der Waals surface area contributed by atoms with Gasteiger partial charge in [0.25, 0.3) is 5.91 Å². The van der Waals surface area contributed by atoms with Crippen LogP contribution in [0.15, 0.2) is 30.3 Å². The number of hydrogen-bond donors (Lipinski definition) is 2. The van der Waals surface area contributed by atoms with E-state index in [0.29, 0.717) is 12.1 Å². The number of hydrogen-bond acceptors (Lipinski definition) is 2. The Balaban J connectivity index is 1.83. The van der Waals surface area contributed by atoms with Gasteiger partial charge in [0.05, 0.1) is 16.5 Å². The molecule has 1 fully saturated rings. The molecule has 2 atom stereocenters. The van der Waals surface area contributed by atoms with Gasteiger partial charge in [-0.1, -0.05) is 17.7 Å². The fraction of sp³-hybridized carbons (Fsp3) is 0.300. The number of aryl methyl sites for hydroxylation is 1. The summed E-state index contributed by atoms with van der Waals surface area (Å²) >= 11 is 18.4. The zero-order valence-electron chi connectivity index (χ0n) is 15.5. The van der Waals surface area contributed by atoms with E-state index in [4.69, 9.17) is 34.8 Å². The maximum atomic E-state index is 14.3. The summed E-state index contributed by atoms with van der Waals surface area (Å²) in [7, 11) is 0. The first-order valence-electron chi connectivity index (χ1n) is 8.79. The smallest absolute Gasteiger partial charge is 0.254 e. The minimum Gasteiger partial charge on any atom is -0.352 e. The van der Waals surface area contributed by atoms with Crippen LogP contribution >= 0.6 is 34.8 Å². The molecule has 0 bridgehead atoms. The van der Waals surface area contributed by atoms with Crippen molar-refractivity contribution >= 4 is 52.3 Å². The second-order valence-electron chi connectivity index (χ2n) is 6.81. The van der Waals surface area contributed by atoms with Crippen LogP contribution in [-0.2, 0) is 4.79 Å². The number of carbonyl (C=O) groups excluding carboxylic acids is 2. The third-order valence-electron chi connectivity index (χ3n) is 4.74. The third-order valence-corrected chi connectivity index (χ3v) is 5.97. The maximum absolute atomic E-state index is 14.3. The monoisotopic (exact) mass is 460 g/mol. The van der Waals surface area contributed by atoms with Gasteiger partial charge in [0.15, 0.2) is 0 Å². The average molecular weight is 462 g/mol. The van der Waals surface area contributed by atoms with Crippen molar-refractivity contribution in [3.8, 4) is 0 Å². The molecule has 0 radical (unpaired) electrons. The van der Waals surface area contributed by atoms with Crippen molar-refractivity contribution in [2.45, 2.75) is 24.1 Å². The van der Waals surface area contributed by atoms with E-state index in [0.717, 1.165) is 0 Å². The van der Waals surface area contributed by atoms with E-state index >= 15 is 0 Å². The summed E-state index contributed by atoms with van der Waals surface area (Å²) in [5.41, 5.74) is 0.787. The molecule has 0 heterocycles. The number of alkyl halides is 2. The number of rotatable bonds is 5. The van der Waals surface area contributed by atoms with Gasteiger partial charge in [-0.3, -0.25) is 9.59 Å². The Morgan fingerprint density at radius 1 is 1.17 bits per heavy atom. The second-order valence-corrected chi connectivity index (χ2v) is 8.66. The van der Waals surface area contributed by atoms with Crippen LogP contribution < -0.4 is 10.6 Å². The van der Waals surface area contributed by atoms with Crippen LogP contribution in [-0.4, -0.2) is 22.7 Å². The maximum Gasteiger partial charge on any atom is 0.254 e. The van der Waals surface area contributed by atoms with E-state index in [1.807, 2.05) is 0 Å². The summed E-state index contributed by atoms with van der Waals surface area (Å²) in [6.07, 6.45) is 0. The number of halogens is 5. The summed E-state index contributed by atoms with van der Waals surface area (Å²) in [6.45, 7) is 3.53. The lowest BCUT2D eigenvalue weighted by Crippen LogP contribution is -2.24. The molecule has 0 saturated heterocycles. The summed E-state index contributed by atoms with van der Waals surface area (Å²) in [5, 5.41) is 5.05. The number of nitrogens with one attached hydrogen (secondary N) is 2. The van der Waals surface area contributed by atoms with E-state index in [9.17, 15) is 18.4 Å². The van der Waals surface area contributed by atoms with Gasteiger partial charge in [0, 0.05) is 18.2 Å². The summed E-state index contributed by atoms with van der Waals surface area (Å²) in [6, 6.07) is 6.68. The summed E-state index contributed by atoms with van der Waals surface area (Å²) < 4.78 is 26.3. The van der Waals surface area contributed by atoms with Crippen LogP contribution in [0.3, 0.4) is 0 Å². The molecule has 154 valence electrons. The fourth-order valence-corrected chi connectivity index (χ4v) is 4.27. The molecule has 9 heteroatoms. The first-order chi connectivity index (χ1) is 13.6. The number of amides is 2. The highest BCUT2D eigenvalue weighted by Gasteiger charge is 2.67. The highest BCUT2D eigenvalue weighted by atomic mass is 35.5. The molecule has 3 rings (SSSR count). The Kier molecular flexibility index (Phi) is 6.08. The second kappa shape index (κ2) is 8.09. The van der Waals surface area contributed by atoms with Gasteiger partial charge >= 0.3 is 0 Å². The molecule has 0 unspecified atom stereocenters. The quantitative estimate of drug-likeness (QED) is 0.601. The lowest BCUT2D eigenvalue weighted by Gasteiger charge is -2.11. The zero-order chi connectivity index (χ0) is 21.5. The molecule has 0 aliphatic heterocycles. The van der Waals surface area contributed by atoms with Gasteiger partial charge in [-0.15, -0.1) is 23.2 Å². The Morgan fingerprint density at radius 3 is 2.48 bits per heavy atom. The SMILES string of the molecule is CCNC(=O)c1cc(NC(=O)[C@H]2[C@H](c3ccc(F)c(Cl)c3)C2(Cl)Cl)cc(C)c1F. The molecule has 2 amide bonds. The van der Waals surface area contributed by atoms with E-state index < -0.39 is 39.6 Å². The van der Waals surface area contributed by atoms with Crippen molar-refractivity contribution in [2.24, 2.45) is 5.92 Å². The van der Waals surface area contributed by atoms with Crippen LogP contribution in [0.1, 0.15) is 34.3 Å². The van der Waals surface area contributed by atoms with Crippen LogP contribution in [0.5, 0.6) is 0 Å². The molecule has 0 aromatic heterocycles. The minimum atomic E-state index is -1.40. The van der Waals surface area contributed by atoms with Gasteiger partial charge in [-0.25, -0.2) is 8.78 Å². The molecule has 0 spiro atoms. The van der Waals surface area contributed by atoms with Crippen molar-refractivity contribution in [1.29, 1.82) is 0 Å². The molecule has 2 N–H and O–H groups in total. The van der Waals surface area contributed by atoms with Crippen molar-refractivity contribution in [3.63, 3.8) is 0 Å². The number of carbonyl (C=O) groups is 2. The van der Waals surface area contributed by atoms with Gasteiger partial charge in [0.1, 0.15) is 16.0 Å². The van der Waals surface area contributed by atoms with E-state index in [1.165, 1.54) is 37.3 Å². The fourth-order valence-electron chi connectivity index (χ4n) is 3.26. The van der Waals surface area contributed by atoms with Gasteiger partial charge in [0.2, 0.25) is 5.91 Å². The topological polar surface area (TPSA) is 58.2 Å². The van der Waals surface area contributed by atoms with Crippen molar-refractivity contribution in [1.82, 2.24) is 5.32 Å². The molecular formula is C20H17Cl3F2N2O2. The van der Waals surface area contributed by atoms with Crippen LogP contribution in [0.4, 0.5) is 14.5 Å². The zero-order valence-corrected chi connectivity index (χ0v) is 17.7. The Hall–Kier alpha value is -1.89. The Morgan fingerprint density at radius 2 is 1.86 bits per heavy atom. The Labute approximate surface area is 181 Å². The van der Waals surface area contributed by atoms with Crippen LogP contribution in [0, 0.1) is 24.5 Å². The molecule has 2 aromatic carbocycles. The van der Waals surface area contributed by atoms with E-state index in [1.54, 1.807) is 6.92 Å². The predicted octanol–water partition coefficient (Wildman–Crippen LogP) is 5.20. The predicted molar refractivity (Wildman–Crippen MR) is 110 cm³/mol. The standard InChI is InChI=1S/C20H17Cl3F2N2O2/c1-3-26-18(28)12-8-11(6-9(2)17(12)25)27-19(29)16-15(20(16,22)23)10-4-5-14(24)13(21)7-10/h4-8,15-16H,3H2,1-2H3,(H,26,28)(H,27,29)/t15-,16+/m0/s1. The molecular weight excluding hydrogens is 445 g/mol. The molecule has 1 aliphatic carbocycles. The molecule has 1 aliphatic rings. The summed E-state index contributed by atoms with van der Waals surface area (Å²) in [4.78, 5) is 24.8. The van der Waals surface area contributed by atoms with Crippen molar-refractivity contribution in [3.05, 3.63) is 63.7 Å². The molecule has 2 aromatic rings. The average Bonchev–Trinajstić information content (AvgIpc) is 3.22. The van der Waals surface area contributed by atoms with Crippen LogP contribution in [0.2, 0.25) is 5.02 Å². The third kappa shape index (κ3) is 4.20. The van der Waals surface area contributed by atoms with Crippen LogP contribution in [0.25, 0.3) is 0 Å². The summed E-state index contributed by atoms with van der Waals surface area (Å²) in [5.74, 6) is -3.76. The van der Waals surface area contributed by atoms with E-state index in [2.05, 4.69) is 10.6 Å². The van der Waals surface area contributed by atoms with E-state index in [-0.39, 0.29) is 21.8 Å². The van der Waals surface area contributed by atoms with Gasteiger partial charge in [-0.05, 0) is 49.2 Å². The van der Waals surface area contributed by atoms with Gasteiger partial charge < -0.3 is 10.6 Å². The lowest BCUT2D eigenvalue weighted by molar-refractivity contribution is -0.117. The first kappa shape index (κ1) is 21.8. The molecule has 1 saturated carbocycles. The lowest BCUT2D eigenvalue weighted by atomic mass is 10.1. The number of anilines is 1. The first-order valence-corrected chi connectivity index (χ1v) is 9.93. The van der Waals surface area contributed by atoms with Gasteiger partial charge in [-0.2, -0.15) is 0 Å². The number of benzene rings is 2. The normalized spacial score (nSPS) is 19.6. The largest absolute Gasteiger partial charge is 0.352 e. The molecule has 4 nitrogen and oxygen atoms in total. The Bertz CT molecular complexity index is 998. The van der Waals surface area contributed by atoms with Crippen molar-refractivity contribution in [2.75, 3.05) is 11.9 Å². The van der Waals surface area contributed by atoms with Crippen molar-refractivity contribution < 1.29 is 18.4 Å².